The molecule has 0 bridgehead atoms. The Morgan fingerprint density at radius 3 is 2.50 bits per heavy atom. The molecule has 0 spiro atoms. The molecule has 0 radical (unpaired) electrons. The van der Waals surface area contributed by atoms with Gasteiger partial charge in [-0.05, 0) is 31.9 Å². The highest BCUT2D eigenvalue weighted by Gasteiger charge is 2.25. The third-order valence-corrected chi connectivity index (χ3v) is 4.85. The van der Waals surface area contributed by atoms with Crippen molar-refractivity contribution in [2.75, 3.05) is 13.1 Å². The summed E-state index contributed by atoms with van der Waals surface area (Å²) in [5.41, 5.74) is 0.818. The minimum Gasteiger partial charge on any atom is -0.459 e. The molecule has 6 nitrogen and oxygen atoms in total. The quantitative estimate of drug-likeness (QED) is 0.880. The molecule has 0 unspecified atom stereocenters. The van der Waals surface area contributed by atoms with Crippen molar-refractivity contribution in [2.45, 2.75) is 45.7 Å². The number of carbonyl (C=O) groups is 2. The van der Waals surface area contributed by atoms with Crippen molar-refractivity contribution in [3.63, 3.8) is 0 Å². The first-order chi connectivity index (χ1) is 12.4. The number of likely N-dealkylation sites (tertiary alicyclic amines) is 1. The SMILES string of the molecule is CC(C)C(=O)N1CCC(NC(=O)N[C@@H](C)c2cc3ccccc3o2)CC1. The molecule has 1 aromatic heterocycles. The van der Waals surface area contributed by atoms with E-state index in [0.29, 0.717) is 13.1 Å². The van der Waals surface area contributed by atoms with E-state index < -0.39 is 0 Å². The first kappa shape index (κ1) is 18.3. The van der Waals surface area contributed by atoms with Gasteiger partial charge < -0.3 is 20.0 Å². The summed E-state index contributed by atoms with van der Waals surface area (Å²) in [5.74, 6) is 0.942. The lowest BCUT2D eigenvalue weighted by atomic mass is 10.0. The van der Waals surface area contributed by atoms with Gasteiger partial charge in [-0.3, -0.25) is 4.79 Å². The van der Waals surface area contributed by atoms with Gasteiger partial charge in [-0.25, -0.2) is 4.79 Å². The largest absolute Gasteiger partial charge is 0.459 e. The van der Waals surface area contributed by atoms with Crippen LogP contribution in [-0.2, 0) is 4.79 Å². The van der Waals surface area contributed by atoms with Gasteiger partial charge in [-0.1, -0.05) is 32.0 Å². The molecule has 1 aliphatic rings. The summed E-state index contributed by atoms with van der Waals surface area (Å²) in [5, 5.41) is 6.97. The van der Waals surface area contributed by atoms with Crippen molar-refractivity contribution >= 4 is 22.9 Å². The average molecular weight is 357 g/mol. The van der Waals surface area contributed by atoms with E-state index in [9.17, 15) is 9.59 Å². The maximum absolute atomic E-state index is 12.3. The number of rotatable bonds is 4. The van der Waals surface area contributed by atoms with E-state index in [1.54, 1.807) is 0 Å². The van der Waals surface area contributed by atoms with Gasteiger partial charge in [0.1, 0.15) is 11.3 Å². The van der Waals surface area contributed by atoms with E-state index in [4.69, 9.17) is 4.42 Å². The summed E-state index contributed by atoms with van der Waals surface area (Å²) >= 11 is 0. The van der Waals surface area contributed by atoms with Gasteiger partial charge in [-0.2, -0.15) is 0 Å². The van der Waals surface area contributed by atoms with Crippen LogP contribution in [0.1, 0.15) is 45.4 Å². The average Bonchev–Trinajstić information content (AvgIpc) is 3.06. The van der Waals surface area contributed by atoms with Crippen LogP contribution in [0.5, 0.6) is 0 Å². The van der Waals surface area contributed by atoms with Gasteiger partial charge in [0.05, 0.1) is 6.04 Å². The third-order valence-electron chi connectivity index (χ3n) is 4.85. The number of urea groups is 1. The van der Waals surface area contributed by atoms with Crippen molar-refractivity contribution in [3.8, 4) is 0 Å². The van der Waals surface area contributed by atoms with Crippen LogP contribution in [0.3, 0.4) is 0 Å². The first-order valence-electron chi connectivity index (χ1n) is 9.28. The Kier molecular flexibility index (Phi) is 5.49. The van der Waals surface area contributed by atoms with E-state index in [2.05, 4.69) is 10.6 Å². The fraction of sp³-hybridized carbons (Fsp3) is 0.500. The van der Waals surface area contributed by atoms with Crippen LogP contribution < -0.4 is 10.6 Å². The smallest absolute Gasteiger partial charge is 0.315 e. The van der Waals surface area contributed by atoms with Crippen molar-refractivity contribution in [1.29, 1.82) is 0 Å². The Bertz CT molecular complexity index is 742. The van der Waals surface area contributed by atoms with Gasteiger partial charge in [0.25, 0.3) is 0 Å². The van der Waals surface area contributed by atoms with Crippen molar-refractivity contribution in [3.05, 3.63) is 36.1 Å². The predicted octanol–water partition coefficient (Wildman–Crippen LogP) is 3.44. The lowest BCUT2D eigenvalue weighted by Gasteiger charge is -2.33. The van der Waals surface area contributed by atoms with Gasteiger partial charge >= 0.3 is 6.03 Å². The Labute approximate surface area is 153 Å². The molecule has 0 aliphatic carbocycles. The third kappa shape index (κ3) is 4.18. The van der Waals surface area contributed by atoms with Crippen LogP contribution in [0.4, 0.5) is 4.79 Å². The lowest BCUT2D eigenvalue weighted by Crippen LogP contribution is -2.50. The van der Waals surface area contributed by atoms with Crippen LogP contribution in [0, 0.1) is 5.92 Å². The second kappa shape index (κ2) is 7.81. The van der Waals surface area contributed by atoms with Crippen LogP contribution >= 0.6 is 0 Å². The number of nitrogens with one attached hydrogen (secondary N) is 2. The summed E-state index contributed by atoms with van der Waals surface area (Å²) in [6.07, 6.45) is 1.57. The number of hydrogen-bond donors (Lipinski definition) is 2. The number of amides is 3. The molecule has 1 aromatic carbocycles. The zero-order valence-corrected chi connectivity index (χ0v) is 15.6. The molecule has 0 saturated carbocycles. The molecule has 1 atom stereocenters. The number of piperidine rings is 1. The van der Waals surface area contributed by atoms with Crippen LogP contribution in [0.2, 0.25) is 0 Å². The van der Waals surface area contributed by atoms with Crippen LogP contribution in [-0.4, -0.2) is 36.0 Å². The maximum atomic E-state index is 12.3. The normalized spacial score (nSPS) is 16.7. The molecule has 3 amide bonds. The molecular formula is C20H27N3O3. The second-order valence-electron chi connectivity index (χ2n) is 7.28. The van der Waals surface area contributed by atoms with Crippen LogP contribution in [0.15, 0.2) is 34.7 Å². The lowest BCUT2D eigenvalue weighted by molar-refractivity contribution is -0.135. The van der Waals surface area contributed by atoms with Gasteiger partial charge in [0.15, 0.2) is 0 Å². The number of hydrogen-bond acceptors (Lipinski definition) is 3. The molecule has 3 rings (SSSR count). The number of furan rings is 1. The van der Waals surface area contributed by atoms with Gasteiger partial charge in [-0.15, -0.1) is 0 Å². The van der Waals surface area contributed by atoms with Crippen molar-refractivity contribution < 1.29 is 14.0 Å². The minimum absolute atomic E-state index is 0.0208. The molecule has 1 aliphatic heterocycles. The second-order valence-corrected chi connectivity index (χ2v) is 7.28. The summed E-state index contributed by atoms with van der Waals surface area (Å²) in [6, 6.07) is 9.42. The Morgan fingerprint density at radius 2 is 1.85 bits per heavy atom. The van der Waals surface area contributed by atoms with Crippen LogP contribution in [0.25, 0.3) is 11.0 Å². The number of fused-ring (bicyclic) bond motifs is 1. The standard InChI is InChI=1S/C20H27N3O3/c1-13(2)19(24)23-10-8-16(9-11-23)22-20(25)21-14(3)18-12-15-6-4-5-7-17(15)26-18/h4-7,12-14,16H,8-11H2,1-3H3,(H2,21,22,25)/t14-/m0/s1. The fourth-order valence-electron chi connectivity index (χ4n) is 3.32. The molecule has 140 valence electrons. The van der Waals surface area contributed by atoms with Gasteiger partial charge in [0, 0.05) is 30.4 Å². The molecule has 6 heteroatoms. The van der Waals surface area contributed by atoms with E-state index in [1.165, 1.54) is 0 Å². The highest BCUT2D eigenvalue weighted by Crippen LogP contribution is 2.23. The minimum atomic E-state index is -0.218. The monoisotopic (exact) mass is 357 g/mol. The highest BCUT2D eigenvalue weighted by atomic mass is 16.3. The number of carbonyl (C=O) groups excluding carboxylic acids is 2. The summed E-state index contributed by atoms with van der Waals surface area (Å²) in [7, 11) is 0. The highest BCUT2D eigenvalue weighted by molar-refractivity contribution is 5.79. The topological polar surface area (TPSA) is 74.6 Å². The van der Waals surface area contributed by atoms with E-state index in [0.717, 1.165) is 29.6 Å². The van der Waals surface area contributed by atoms with Gasteiger partial charge in [0.2, 0.25) is 5.91 Å². The molecule has 2 heterocycles. The van der Waals surface area contributed by atoms with E-state index >= 15 is 0 Å². The number of nitrogens with zero attached hydrogens (tertiary/aromatic N) is 1. The zero-order chi connectivity index (χ0) is 18.7. The predicted molar refractivity (Wildman–Crippen MR) is 101 cm³/mol. The number of para-hydroxylation sites is 1. The van der Waals surface area contributed by atoms with E-state index in [-0.39, 0.29) is 29.9 Å². The molecule has 1 fully saturated rings. The summed E-state index contributed by atoms with van der Waals surface area (Å²) in [6.45, 7) is 7.13. The fourth-order valence-corrected chi connectivity index (χ4v) is 3.32. The molecule has 2 aromatic rings. The maximum Gasteiger partial charge on any atom is 0.315 e. The Morgan fingerprint density at radius 1 is 1.15 bits per heavy atom. The van der Waals surface area contributed by atoms with E-state index in [1.807, 2.05) is 56.0 Å². The molecule has 26 heavy (non-hydrogen) atoms. The summed E-state index contributed by atoms with van der Waals surface area (Å²) in [4.78, 5) is 26.2. The van der Waals surface area contributed by atoms with Crippen molar-refractivity contribution in [2.24, 2.45) is 5.92 Å². The molecule has 1 saturated heterocycles. The van der Waals surface area contributed by atoms with Crippen molar-refractivity contribution in [1.82, 2.24) is 15.5 Å². The summed E-state index contributed by atoms with van der Waals surface area (Å²) < 4.78 is 5.80. The number of benzene rings is 1. The zero-order valence-electron chi connectivity index (χ0n) is 15.6. The Balaban J connectivity index is 1.49. The first-order valence-corrected chi connectivity index (χ1v) is 9.28. The molecule has 2 N–H and O–H groups in total. The Hall–Kier alpha value is -2.50. The molecular weight excluding hydrogens is 330 g/mol.